The van der Waals surface area contributed by atoms with Crippen LogP contribution >= 0.6 is 0 Å². The Balaban J connectivity index is 1.15. The van der Waals surface area contributed by atoms with Gasteiger partial charge in [0.15, 0.2) is 23.2 Å². The highest BCUT2D eigenvalue weighted by Crippen LogP contribution is 2.40. The molecule has 0 radical (unpaired) electrons. The molecule has 0 aliphatic carbocycles. The van der Waals surface area contributed by atoms with Crippen LogP contribution in [0.25, 0.3) is 99.9 Å². The fourth-order valence-electron chi connectivity index (χ4n) is 7.29. The van der Waals surface area contributed by atoms with Gasteiger partial charge in [-0.05, 0) is 72.8 Å². The summed E-state index contributed by atoms with van der Waals surface area (Å²) in [7, 11) is 0. The smallest absolute Gasteiger partial charge is 0.199 e. The molecule has 0 fully saturated rings. The largest absolute Gasteiger partial charge is 0.453 e. The van der Waals surface area contributed by atoms with Gasteiger partial charge in [-0.2, -0.15) is 0 Å². The molecule has 0 unspecified atom stereocenters. The van der Waals surface area contributed by atoms with E-state index in [2.05, 4.69) is 115 Å². The average molecular weight is 652 g/mol. The average Bonchev–Trinajstić information content (AvgIpc) is 3.65. The summed E-state index contributed by atoms with van der Waals surface area (Å²) in [5.41, 5.74) is 7.12. The van der Waals surface area contributed by atoms with Crippen LogP contribution in [-0.2, 0) is 0 Å². The number of para-hydroxylation sites is 1. The molecule has 0 aliphatic heterocycles. The molecule has 10 rings (SSSR count). The van der Waals surface area contributed by atoms with Crippen LogP contribution < -0.4 is 0 Å². The lowest BCUT2D eigenvalue weighted by Crippen LogP contribution is -2.00. The first-order valence-corrected chi connectivity index (χ1v) is 17.1. The third-order valence-electron chi connectivity index (χ3n) is 9.74. The Morgan fingerprint density at radius 1 is 0.333 bits per heavy atom. The maximum atomic E-state index is 6.29. The summed E-state index contributed by atoms with van der Waals surface area (Å²) in [6.07, 6.45) is 0. The minimum Gasteiger partial charge on any atom is -0.453 e. The number of hydrogen-bond acceptors (Lipinski definition) is 4. The normalized spacial score (nSPS) is 11.5. The molecule has 2 heterocycles. The molecule has 0 spiro atoms. The fraction of sp³-hybridized carbons (Fsp3) is 0. The van der Waals surface area contributed by atoms with Crippen molar-refractivity contribution in [3.8, 4) is 56.6 Å². The highest BCUT2D eigenvalue weighted by molar-refractivity contribution is 6.20. The van der Waals surface area contributed by atoms with Gasteiger partial charge in [-0.1, -0.05) is 158 Å². The lowest BCUT2D eigenvalue weighted by molar-refractivity contribution is 0.625. The third-order valence-corrected chi connectivity index (χ3v) is 9.74. The molecule has 8 aromatic carbocycles. The fourth-order valence-corrected chi connectivity index (χ4v) is 7.29. The highest BCUT2D eigenvalue weighted by atomic mass is 16.3. The second-order valence-corrected chi connectivity index (χ2v) is 12.8. The Labute approximate surface area is 294 Å². The Kier molecular flexibility index (Phi) is 6.78. The Morgan fingerprint density at radius 3 is 1.78 bits per heavy atom. The van der Waals surface area contributed by atoms with Crippen LogP contribution in [-0.4, -0.2) is 15.0 Å². The number of aromatic nitrogens is 3. The zero-order chi connectivity index (χ0) is 33.7. The number of hydrogen-bond donors (Lipinski definition) is 0. The second kappa shape index (κ2) is 11.9. The first-order valence-electron chi connectivity index (χ1n) is 17.1. The van der Waals surface area contributed by atoms with E-state index < -0.39 is 0 Å². The van der Waals surface area contributed by atoms with Crippen molar-refractivity contribution in [1.82, 2.24) is 15.0 Å². The van der Waals surface area contributed by atoms with Crippen molar-refractivity contribution in [2.75, 3.05) is 0 Å². The van der Waals surface area contributed by atoms with E-state index >= 15 is 0 Å². The summed E-state index contributed by atoms with van der Waals surface area (Å²) in [5, 5.41) is 8.41. The van der Waals surface area contributed by atoms with Gasteiger partial charge >= 0.3 is 0 Å². The predicted molar refractivity (Wildman–Crippen MR) is 209 cm³/mol. The Bertz CT molecular complexity index is 2880. The van der Waals surface area contributed by atoms with Crippen LogP contribution in [0.5, 0.6) is 0 Å². The van der Waals surface area contributed by atoms with Crippen LogP contribution in [0.3, 0.4) is 0 Å². The standard InChI is InChI=1S/C47H29N3O/c1-2-12-30(13-3-1)36-17-9-10-20-40(36)46-48-45(49-47(50-46)43-29-35-16-6-11-21-42(35)51-43)33-24-22-32(23-25-33)44-38-19-8-5-15-34(38)28-41-37-18-7-4-14-31(37)26-27-39(41)44/h1-29H. The lowest BCUT2D eigenvalue weighted by atomic mass is 9.89. The summed E-state index contributed by atoms with van der Waals surface area (Å²) in [6.45, 7) is 0. The van der Waals surface area contributed by atoms with E-state index in [4.69, 9.17) is 19.4 Å². The van der Waals surface area contributed by atoms with Gasteiger partial charge in [-0.25, -0.2) is 15.0 Å². The predicted octanol–water partition coefficient (Wildman–Crippen LogP) is 12.4. The van der Waals surface area contributed by atoms with Crippen molar-refractivity contribution in [3.05, 3.63) is 176 Å². The van der Waals surface area contributed by atoms with Crippen LogP contribution in [0, 0.1) is 0 Å². The van der Waals surface area contributed by atoms with Gasteiger partial charge in [-0.3, -0.25) is 0 Å². The van der Waals surface area contributed by atoms with E-state index in [0.29, 0.717) is 23.2 Å². The number of fused-ring (bicyclic) bond motifs is 5. The van der Waals surface area contributed by atoms with Crippen LogP contribution in [0.1, 0.15) is 0 Å². The molecule has 4 heteroatoms. The Morgan fingerprint density at radius 2 is 0.961 bits per heavy atom. The van der Waals surface area contributed by atoms with Gasteiger partial charge < -0.3 is 4.42 Å². The van der Waals surface area contributed by atoms with Crippen molar-refractivity contribution in [2.24, 2.45) is 0 Å². The second-order valence-electron chi connectivity index (χ2n) is 12.8. The van der Waals surface area contributed by atoms with Gasteiger partial charge in [0.25, 0.3) is 0 Å². The molecule has 4 nitrogen and oxygen atoms in total. The van der Waals surface area contributed by atoms with Crippen LogP contribution in [0.2, 0.25) is 0 Å². The molecule has 0 atom stereocenters. The van der Waals surface area contributed by atoms with Crippen LogP contribution in [0.15, 0.2) is 180 Å². The summed E-state index contributed by atoms with van der Waals surface area (Å²) >= 11 is 0. The number of rotatable bonds is 5. The first-order chi connectivity index (χ1) is 25.3. The maximum Gasteiger partial charge on any atom is 0.199 e. The zero-order valence-corrected chi connectivity index (χ0v) is 27.5. The highest BCUT2D eigenvalue weighted by Gasteiger charge is 2.18. The van der Waals surface area contributed by atoms with E-state index in [1.165, 1.54) is 37.9 Å². The molecule has 2 aromatic heterocycles. The molecular formula is C47H29N3O. The summed E-state index contributed by atoms with van der Waals surface area (Å²) in [5.74, 6) is 2.26. The van der Waals surface area contributed by atoms with Gasteiger partial charge in [0, 0.05) is 16.5 Å². The van der Waals surface area contributed by atoms with Crippen molar-refractivity contribution in [3.63, 3.8) is 0 Å². The lowest BCUT2D eigenvalue weighted by Gasteiger charge is -2.15. The molecule has 0 bridgehead atoms. The van der Waals surface area contributed by atoms with Crippen molar-refractivity contribution in [1.29, 1.82) is 0 Å². The zero-order valence-electron chi connectivity index (χ0n) is 27.5. The molecule has 0 amide bonds. The summed E-state index contributed by atoms with van der Waals surface area (Å²) in [4.78, 5) is 15.2. The summed E-state index contributed by atoms with van der Waals surface area (Å²) in [6, 6.07) is 61.3. The van der Waals surface area contributed by atoms with Gasteiger partial charge in [-0.15, -0.1) is 0 Å². The van der Waals surface area contributed by atoms with E-state index in [1.54, 1.807) is 0 Å². The molecule has 0 saturated heterocycles. The number of nitrogens with zero attached hydrogens (tertiary/aromatic N) is 3. The minimum atomic E-state index is 0.491. The summed E-state index contributed by atoms with van der Waals surface area (Å²) < 4.78 is 6.29. The third kappa shape index (κ3) is 5.04. The van der Waals surface area contributed by atoms with Crippen LogP contribution in [0.4, 0.5) is 0 Å². The van der Waals surface area contributed by atoms with Gasteiger partial charge in [0.2, 0.25) is 0 Å². The van der Waals surface area contributed by atoms with E-state index in [1.807, 2.05) is 60.7 Å². The maximum absolute atomic E-state index is 6.29. The molecule has 51 heavy (non-hydrogen) atoms. The minimum absolute atomic E-state index is 0.491. The molecule has 10 aromatic rings. The topological polar surface area (TPSA) is 51.8 Å². The molecule has 238 valence electrons. The molecule has 0 aliphatic rings. The molecule has 0 N–H and O–H groups in total. The first kappa shape index (κ1) is 29.0. The van der Waals surface area contributed by atoms with Gasteiger partial charge in [0.05, 0.1) is 0 Å². The number of furan rings is 1. The van der Waals surface area contributed by atoms with Gasteiger partial charge in [0.1, 0.15) is 5.58 Å². The van der Waals surface area contributed by atoms with Crippen molar-refractivity contribution in [2.45, 2.75) is 0 Å². The van der Waals surface area contributed by atoms with Crippen molar-refractivity contribution >= 4 is 43.3 Å². The van der Waals surface area contributed by atoms with E-state index in [-0.39, 0.29) is 0 Å². The SMILES string of the molecule is c1ccc(-c2ccccc2-c2nc(-c3ccc(-c4c5ccccc5cc5c4ccc4ccccc45)cc3)nc(-c3cc4ccccc4o3)n2)cc1. The van der Waals surface area contributed by atoms with Crippen molar-refractivity contribution < 1.29 is 4.42 Å². The monoisotopic (exact) mass is 651 g/mol. The molecular weight excluding hydrogens is 623 g/mol. The van der Waals surface area contributed by atoms with E-state index in [0.717, 1.165) is 38.8 Å². The quantitative estimate of drug-likeness (QED) is 0.137. The molecule has 0 saturated carbocycles. The Hall–Kier alpha value is -6.91. The van der Waals surface area contributed by atoms with E-state index in [9.17, 15) is 0 Å². The number of benzene rings is 8.